The molecular weight excluding hydrogens is 442 g/mol. The van der Waals surface area contributed by atoms with Crippen LogP contribution in [0.5, 0.6) is 0 Å². The Hall–Kier alpha value is -3.04. The number of nitrogens with zero attached hydrogens (tertiary/aromatic N) is 1. The van der Waals surface area contributed by atoms with Crippen molar-refractivity contribution in [2.24, 2.45) is 0 Å². The molecule has 4 N–H and O–H groups in total. The summed E-state index contributed by atoms with van der Waals surface area (Å²) >= 11 is 6.12. The van der Waals surface area contributed by atoms with Crippen LogP contribution in [-0.2, 0) is 23.2 Å². The first-order valence-electron chi connectivity index (χ1n) is 10.2. The normalized spacial score (nSPS) is 12.1. The summed E-state index contributed by atoms with van der Waals surface area (Å²) in [5.41, 5.74) is 3.24. The van der Waals surface area contributed by atoms with E-state index in [1.807, 2.05) is 42.5 Å². The van der Waals surface area contributed by atoms with Crippen molar-refractivity contribution in [3.8, 4) is 0 Å². The molecule has 0 radical (unpaired) electrons. The summed E-state index contributed by atoms with van der Waals surface area (Å²) in [5.74, 6) is -0.265. The number of amides is 3. The van der Waals surface area contributed by atoms with Gasteiger partial charge in [0.2, 0.25) is 11.0 Å². The van der Waals surface area contributed by atoms with Crippen LogP contribution in [0.2, 0.25) is 0 Å². The van der Waals surface area contributed by atoms with Crippen LogP contribution in [0.1, 0.15) is 37.5 Å². The minimum Gasteiger partial charge on any atom is -0.350 e. The molecule has 0 fully saturated rings. The van der Waals surface area contributed by atoms with E-state index in [1.165, 1.54) is 5.56 Å². The van der Waals surface area contributed by atoms with Crippen molar-refractivity contribution in [3.63, 3.8) is 0 Å². The molecule has 7 nitrogen and oxygen atoms in total. The van der Waals surface area contributed by atoms with E-state index >= 15 is 0 Å². The van der Waals surface area contributed by atoms with Gasteiger partial charge in [-0.1, -0.05) is 86.7 Å². The number of anilines is 1. The zero-order valence-electron chi connectivity index (χ0n) is 18.3. The van der Waals surface area contributed by atoms with Crippen LogP contribution >= 0.6 is 23.6 Å². The molecular formula is C23H27N5O2S2. The molecule has 0 aliphatic heterocycles. The molecule has 0 saturated carbocycles. The molecule has 3 aromatic rings. The van der Waals surface area contributed by atoms with Crippen molar-refractivity contribution in [1.82, 2.24) is 20.8 Å². The Morgan fingerprint density at radius 3 is 2.34 bits per heavy atom. The molecule has 0 aliphatic carbocycles. The monoisotopic (exact) mass is 469 g/mol. The molecule has 1 aromatic heterocycles. The first-order valence-corrected chi connectivity index (χ1v) is 11.5. The highest BCUT2D eigenvalue weighted by Gasteiger charge is 2.22. The second-order valence-electron chi connectivity index (χ2n) is 8.42. The summed E-state index contributed by atoms with van der Waals surface area (Å²) in [5, 5.41) is 15.1. The van der Waals surface area contributed by atoms with Gasteiger partial charge in [0.05, 0.1) is 0 Å². The summed E-state index contributed by atoms with van der Waals surface area (Å²) in [6.07, 6.45) is 0.360. The lowest BCUT2D eigenvalue weighted by Crippen LogP contribution is -2.49. The highest BCUT2D eigenvalue weighted by atomic mass is 32.1. The average Bonchev–Trinajstić information content (AvgIpc) is 3.16. The third-order valence-corrected chi connectivity index (χ3v) is 5.85. The highest BCUT2D eigenvalue weighted by molar-refractivity contribution is 7.73. The maximum atomic E-state index is 12.9. The van der Waals surface area contributed by atoms with E-state index in [0.717, 1.165) is 22.5 Å². The Labute approximate surface area is 196 Å². The summed E-state index contributed by atoms with van der Waals surface area (Å²) in [7, 11) is 0. The third-order valence-electron chi connectivity index (χ3n) is 4.85. The first kappa shape index (κ1) is 23.6. The quantitative estimate of drug-likeness (QED) is 0.382. The van der Waals surface area contributed by atoms with Crippen molar-refractivity contribution in [2.45, 2.75) is 45.2 Å². The Bertz CT molecular complexity index is 1100. The van der Waals surface area contributed by atoms with Gasteiger partial charge in [0.15, 0.2) is 3.95 Å². The maximum absolute atomic E-state index is 12.9. The number of urea groups is 1. The van der Waals surface area contributed by atoms with Gasteiger partial charge in [-0.3, -0.25) is 15.2 Å². The lowest BCUT2D eigenvalue weighted by Gasteiger charge is -2.20. The van der Waals surface area contributed by atoms with E-state index in [2.05, 4.69) is 59.1 Å². The number of aromatic amines is 1. The minimum absolute atomic E-state index is 0.0704. The van der Waals surface area contributed by atoms with Crippen molar-refractivity contribution < 1.29 is 9.59 Å². The fourth-order valence-corrected chi connectivity index (χ4v) is 3.85. The van der Waals surface area contributed by atoms with Crippen LogP contribution in [0.25, 0.3) is 0 Å². The predicted molar refractivity (Wildman–Crippen MR) is 130 cm³/mol. The minimum atomic E-state index is -0.752. The second-order valence-corrected chi connectivity index (χ2v) is 10.1. The smallest absolute Gasteiger partial charge is 0.321 e. The molecule has 0 unspecified atom stereocenters. The Morgan fingerprint density at radius 1 is 1.06 bits per heavy atom. The van der Waals surface area contributed by atoms with Gasteiger partial charge < -0.3 is 10.6 Å². The molecule has 3 amide bonds. The molecule has 168 valence electrons. The summed E-state index contributed by atoms with van der Waals surface area (Å²) < 4.78 is 0.455. The van der Waals surface area contributed by atoms with Crippen LogP contribution in [0.15, 0.2) is 54.6 Å². The molecule has 0 aliphatic rings. The van der Waals surface area contributed by atoms with Crippen LogP contribution in [-0.4, -0.2) is 28.2 Å². The summed E-state index contributed by atoms with van der Waals surface area (Å²) in [4.78, 5) is 25.4. The van der Waals surface area contributed by atoms with Gasteiger partial charge >= 0.3 is 6.03 Å². The van der Waals surface area contributed by atoms with Crippen LogP contribution in [0.3, 0.4) is 0 Å². The summed E-state index contributed by atoms with van der Waals surface area (Å²) in [6.45, 7) is 6.86. The Morgan fingerprint density at radius 2 is 1.75 bits per heavy atom. The number of carbonyl (C=O) groups is 2. The molecule has 1 heterocycles. The van der Waals surface area contributed by atoms with Crippen LogP contribution < -0.4 is 16.0 Å². The van der Waals surface area contributed by atoms with Crippen LogP contribution in [0, 0.1) is 3.95 Å². The van der Waals surface area contributed by atoms with E-state index in [-0.39, 0.29) is 11.3 Å². The van der Waals surface area contributed by atoms with Gasteiger partial charge in [-0.15, -0.1) is 5.10 Å². The first-order chi connectivity index (χ1) is 15.2. The number of rotatable bonds is 7. The lowest BCUT2D eigenvalue weighted by molar-refractivity contribution is -0.123. The highest BCUT2D eigenvalue weighted by Crippen LogP contribution is 2.22. The topological polar surface area (TPSA) is 98.9 Å². The molecule has 9 heteroatoms. The number of hydrogen-bond acceptors (Lipinski definition) is 5. The lowest BCUT2D eigenvalue weighted by atomic mass is 9.87. The fourth-order valence-electron chi connectivity index (χ4n) is 3.07. The van der Waals surface area contributed by atoms with Crippen molar-refractivity contribution in [1.29, 1.82) is 0 Å². The molecule has 0 bridgehead atoms. The third kappa shape index (κ3) is 7.00. The molecule has 1 atom stereocenters. The predicted octanol–water partition coefficient (Wildman–Crippen LogP) is 4.55. The Balaban J connectivity index is 1.65. The van der Waals surface area contributed by atoms with E-state index in [1.54, 1.807) is 0 Å². The summed E-state index contributed by atoms with van der Waals surface area (Å²) in [6, 6.07) is 16.5. The van der Waals surface area contributed by atoms with E-state index in [9.17, 15) is 9.59 Å². The molecule has 0 spiro atoms. The molecule has 3 rings (SSSR count). The van der Waals surface area contributed by atoms with Gasteiger partial charge in [0.25, 0.3) is 0 Å². The number of carbonyl (C=O) groups excluding carboxylic acids is 2. The van der Waals surface area contributed by atoms with E-state index in [0.29, 0.717) is 22.1 Å². The number of nitrogens with one attached hydrogen (secondary N) is 4. The van der Waals surface area contributed by atoms with Gasteiger partial charge in [-0.25, -0.2) is 4.79 Å². The van der Waals surface area contributed by atoms with Gasteiger partial charge in [-0.2, -0.15) is 0 Å². The number of benzene rings is 2. The van der Waals surface area contributed by atoms with Gasteiger partial charge in [-0.05, 0) is 34.3 Å². The van der Waals surface area contributed by atoms with Gasteiger partial charge in [0, 0.05) is 13.0 Å². The second kappa shape index (κ2) is 10.5. The number of H-pyrrole nitrogens is 1. The standard InChI is InChI=1S/C23H27N5O2S2/c1-23(2,3)17-11-9-16(10-12-17)14-24-19(29)18(13-15-7-5-4-6-8-15)25-20(30)26-21-27-28-22(31)32-21/h4-12,18H,13-14H2,1-3H3,(H,24,29)(H,28,31)(H2,25,26,27,30)/t18-/m0/s1. The molecule has 0 saturated heterocycles. The van der Waals surface area contributed by atoms with E-state index < -0.39 is 12.1 Å². The Kier molecular flexibility index (Phi) is 7.76. The molecule has 32 heavy (non-hydrogen) atoms. The maximum Gasteiger partial charge on any atom is 0.321 e. The largest absolute Gasteiger partial charge is 0.350 e. The average molecular weight is 470 g/mol. The van der Waals surface area contributed by atoms with Gasteiger partial charge in [0.1, 0.15) is 6.04 Å². The van der Waals surface area contributed by atoms with Crippen molar-refractivity contribution in [2.75, 3.05) is 5.32 Å². The number of aromatic nitrogens is 2. The zero-order chi connectivity index (χ0) is 23.1. The van der Waals surface area contributed by atoms with Crippen LogP contribution in [0.4, 0.5) is 9.93 Å². The molecule has 2 aromatic carbocycles. The number of hydrogen-bond donors (Lipinski definition) is 4. The van der Waals surface area contributed by atoms with Crippen molar-refractivity contribution >= 4 is 40.6 Å². The van der Waals surface area contributed by atoms with Crippen molar-refractivity contribution in [3.05, 3.63) is 75.2 Å². The zero-order valence-corrected chi connectivity index (χ0v) is 19.9. The van der Waals surface area contributed by atoms with E-state index in [4.69, 9.17) is 12.2 Å². The SMILES string of the molecule is CC(C)(C)c1ccc(CNC(=O)[C@H](Cc2ccccc2)NC(=O)Nc2n[nH]c(=S)s2)cc1. The fraction of sp³-hybridized carbons (Fsp3) is 0.304.